The summed E-state index contributed by atoms with van der Waals surface area (Å²) in [6.45, 7) is 3.42. The van der Waals surface area contributed by atoms with Gasteiger partial charge in [0.2, 0.25) is 10.0 Å². The lowest BCUT2D eigenvalue weighted by atomic mass is 10.2. The number of sulfonamides is 1. The van der Waals surface area contributed by atoms with Gasteiger partial charge in [0.15, 0.2) is 5.11 Å². The fraction of sp³-hybridized carbons (Fsp3) is 0.176. The van der Waals surface area contributed by atoms with E-state index in [-0.39, 0.29) is 27.3 Å². The lowest BCUT2D eigenvalue weighted by molar-refractivity contribution is 0.0944. The van der Waals surface area contributed by atoms with E-state index in [1.54, 1.807) is 26.0 Å². The molecule has 1 amide bonds. The van der Waals surface area contributed by atoms with Crippen LogP contribution >= 0.6 is 12.2 Å². The first kappa shape index (κ1) is 20.7. The Morgan fingerprint density at radius 2 is 1.67 bits per heavy atom. The number of para-hydroxylation sites is 1. The average Bonchev–Trinajstić information content (AvgIpc) is 2.61. The van der Waals surface area contributed by atoms with Gasteiger partial charge in [-0.25, -0.2) is 17.5 Å². The minimum atomic E-state index is -3.63. The first-order valence-corrected chi connectivity index (χ1v) is 9.82. The molecule has 2 aromatic carbocycles. The van der Waals surface area contributed by atoms with Crippen molar-refractivity contribution in [2.24, 2.45) is 0 Å². The van der Waals surface area contributed by atoms with Gasteiger partial charge < -0.3 is 5.32 Å². The lowest BCUT2D eigenvalue weighted by Crippen LogP contribution is -2.43. The third-order valence-electron chi connectivity index (χ3n) is 3.23. The van der Waals surface area contributed by atoms with Crippen LogP contribution < -0.4 is 20.9 Å². The molecule has 2 rings (SSSR count). The number of benzene rings is 2. The van der Waals surface area contributed by atoms with Gasteiger partial charge in [0.25, 0.3) is 5.91 Å². The molecule has 0 fully saturated rings. The van der Waals surface area contributed by atoms with Gasteiger partial charge >= 0.3 is 0 Å². The highest BCUT2D eigenvalue weighted by Gasteiger charge is 2.16. The molecule has 7 nitrogen and oxygen atoms in total. The van der Waals surface area contributed by atoms with Crippen LogP contribution in [-0.2, 0) is 10.0 Å². The third kappa shape index (κ3) is 5.98. The molecule has 10 heteroatoms. The van der Waals surface area contributed by atoms with Crippen molar-refractivity contribution >= 4 is 38.9 Å². The van der Waals surface area contributed by atoms with Crippen LogP contribution in [0.25, 0.3) is 0 Å². The molecule has 0 spiro atoms. The summed E-state index contributed by atoms with van der Waals surface area (Å²) in [5, 5.41) is 2.60. The number of anilines is 1. The monoisotopic (exact) mass is 410 g/mol. The molecule has 0 saturated heterocycles. The van der Waals surface area contributed by atoms with Crippen molar-refractivity contribution < 1.29 is 17.6 Å². The van der Waals surface area contributed by atoms with E-state index in [2.05, 4.69) is 20.9 Å². The van der Waals surface area contributed by atoms with Crippen LogP contribution in [0.1, 0.15) is 24.2 Å². The zero-order valence-electron chi connectivity index (χ0n) is 14.6. The van der Waals surface area contributed by atoms with Crippen LogP contribution in [0.15, 0.2) is 53.4 Å². The minimum absolute atomic E-state index is 0.00576. The maximum absolute atomic E-state index is 13.5. The standard InChI is InChI=1S/C17H19FN4O3S2/c1-11(2)22-27(24,25)13-9-7-12(8-10-13)16(23)20-21-17(26)19-15-6-4-3-5-14(15)18/h3-11,22H,1-2H3,(H,20,23)(H2,19,21,26). The first-order chi connectivity index (χ1) is 12.7. The van der Waals surface area contributed by atoms with Gasteiger partial charge in [-0.3, -0.25) is 15.6 Å². The molecule has 0 aromatic heterocycles. The maximum Gasteiger partial charge on any atom is 0.269 e. The Hall–Kier alpha value is -2.56. The summed E-state index contributed by atoms with van der Waals surface area (Å²) in [7, 11) is -3.63. The second-order valence-corrected chi connectivity index (χ2v) is 7.94. The maximum atomic E-state index is 13.5. The van der Waals surface area contributed by atoms with Crippen molar-refractivity contribution in [1.82, 2.24) is 15.6 Å². The molecular weight excluding hydrogens is 391 g/mol. The number of halogens is 1. The molecule has 4 N–H and O–H groups in total. The van der Waals surface area contributed by atoms with Crippen molar-refractivity contribution in [3.63, 3.8) is 0 Å². The number of carbonyl (C=O) groups excluding carboxylic acids is 1. The summed E-state index contributed by atoms with van der Waals surface area (Å²) >= 11 is 4.98. The number of thiocarbonyl (C=S) groups is 1. The average molecular weight is 410 g/mol. The third-order valence-corrected chi connectivity index (χ3v) is 5.11. The molecule has 0 aliphatic rings. The Bertz CT molecular complexity index is 931. The molecule has 0 aliphatic heterocycles. The van der Waals surface area contributed by atoms with Crippen LogP contribution in [0.2, 0.25) is 0 Å². The molecule has 144 valence electrons. The number of hydrogen-bond donors (Lipinski definition) is 4. The second kappa shape index (κ2) is 8.89. The van der Waals surface area contributed by atoms with Crippen molar-refractivity contribution in [2.45, 2.75) is 24.8 Å². The Labute approximate surface area is 162 Å². The molecule has 2 aromatic rings. The van der Waals surface area contributed by atoms with Gasteiger partial charge in [-0.2, -0.15) is 0 Å². The summed E-state index contributed by atoms with van der Waals surface area (Å²) in [5.74, 6) is -1.02. The summed E-state index contributed by atoms with van der Waals surface area (Å²) < 4.78 is 40.1. The van der Waals surface area contributed by atoms with Crippen molar-refractivity contribution in [3.05, 3.63) is 59.9 Å². The quantitative estimate of drug-likeness (QED) is 0.445. The molecule has 0 unspecified atom stereocenters. The highest BCUT2D eigenvalue weighted by Crippen LogP contribution is 2.12. The van der Waals surface area contributed by atoms with Gasteiger partial charge in [-0.05, 0) is 62.5 Å². The van der Waals surface area contributed by atoms with E-state index >= 15 is 0 Å². The van der Waals surface area contributed by atoms with Gasteiger partial charge in [0.1, 0.15) is 5.82 Å². The van der Waals surface area contributed by atoms with E-state index in [1.807, 2.05) is 0 Å². The molecule has 0 atom stereocenters. The van der Waals surface area contributed by atoms with Gasteiger partial charge in [-0.15, -0.1) is 0 Å². The lowest BCUT2D eigenvalue weighted by Gasteiger charge is -2.12. The number of hydrogen-bond acceptors (Lipinski definition) is 4. The van der Waals surface area contributed by atoms with E-state index in [0.717, 1.165) is 0 Å². The summed E-state index contributed by atoms with van der Waals surface area (Å²) in [4.78, 5) is 12.2. The van der Waals surface area contributed by atoms with E-state index in [1.165, 1.54) is 36.4 Å². The fourth-order valence-electron chi connectivity index (χ4n) is 2.07. The van der Waals surface area contributed by atoms with E-state index in [0.29, 0.717) is 0 Å². The number of rotatable bonds is 5. The van der Waals surface area contributed by atoms with E-state index in [4.69, 9.17) is 12.2 Å². The number of hydrazine groups is 1. The Morgan fingerprint density at radius 3 is 2.26 bits per heavy atom. The summed E-state index contributed by atoms with van der Waals surface area (Å²) in [6, 6.07) is 11.1. The molecule has 0 radical (unpaired) electrons. The predicted molar refractivity (Wildman–Crippen MR) is 105 cm³/mol. The Morgan fingerprint density at radius 1 is 1.04 bits per heavy atom. The smallest absolute Gasteiger partial charge is 0.269 e. The Kier molecular flexibility index (Phi) is 6.83. The summed E-state index contributed by atoms with van der Waals surface area (Å²) in [6.07, 6.45) is 0. The van der Waals surface area contributed by atoms with Gasteiger partial charge in [-0.1, -0.05) is 12.1 Å². The second-order valence-electron chi connectivity index (χ2n) is 5.81. The van der Waals surface area contributed by atoms with Gasteiger partial charge in [0.05, 0.1) is 10.6 Å². The topological polar surface area (TPSA) is 99.3 Å². The highest BCUT2D eigenvalue weighted by atomic mass is 32.2. The molecular formula is C17H19FN4O3S2. The SMILES string of the molecule is CC(C)NS(=O)(=O)c1ccc(C(=O)NNC(=S)Nc2ccccc2F)cc1. The largest absolute Gasteiger partial charge is 0.329 e. The first-order valence-electron chi connectivity index (χ1n) is 7.93. The predicted octanol–water partition coefficient (Wildman–Crippen LogP) is 2.14. The normalized spacial score (nSPS) is 11.1. The molecule has 0 bridgehead atoms. The number of carbonyl (C=O) groups is 1. The fourth-order valence-corrected chi connectivity index (χ4v) is 3.48. The Balaban J connectivity index is 1.94. The summed E-state index contributed by atoms with van der Waals surface area (Å²) in [5.41, 5.74) is 5.19. The van der Waals surface area contributed by atoms with Crippen molar-refractivity contribution in [1.29, 1.82) is 0 Å². The van der Waals surface area contributed by atoms with Crippen LogP contribution in [0.5, 0.6) is 0 Å². The number of amides is 1. The van der Waals surface area contributed by atoms with Crippen LogP contribution in [0.4, 0.5) is 10.1 Å². The number of nitrogens with one attached hydrogen (secondary N) is 4. The highest BCUT2D eigenvalue weighted by molar-refractivity contribution is 7.89. The van der Waals surface area contributed by atoms with E-state index in [9.17, 15) is 17.6 Å². The zero-order valence-corrected chi connectivity index (χ0v) is 16.2. The van der Waals surface area contributed by atoms with Crippen LogP contribution in [0, 0.1) is 5.82 Å². The van der Waals surface area contributed by atoms with Crippen LogP contribution in [0.3, 0.4) is 0 Å². The van der Waals surface area contributed by atoms with Crippen molar-refractivity contribution in [3.8, 4) is 0 Å². The van der Waals surface area contributed by atoms with E-state index < -0.39 is 21.7 Å². The molecule has 0 aliphatic carbocycles. The van der Waals surface area contributed by atoms with Crippen LogP contribution in [-0.4, -0.2) is 25.5 Å². The minimum Gasteiger partial charge on any atom is -0.329 e. The van der Waals surface area contributed by atoms with Crippen molar-refractivity contribution in [2.75, 3.05) is 5.32 Å². The molecule has 0 heterocycles. The molecule has 0 saturated carbocycles. The van der Waals surface area contributed by atoms with Gasteiger partial charge in [0, 0.05) is 11.6 Å². The zero-order chi connectivity index (χ0) is 20.0. The molecule has 27 heavy (non-hydrogen) atoms.